The summed E-state index contributed by atoms with van der Waals surface area (Å²) < 4.78 is 10.8. The Morgan fingerprint density at radius 3 is 2.56 bits per heavy atom. The topological polar surface area (TPSA) is 76.1 Å². The first-order valence-corrected chi connectivity index (χ1v) is 9.79. The minimum Gasteiger partial charge on any atom is -0.488 e. The zero-order chi connectivity index (χ0) is 19.2. The van der Waals surface area contributed by atoms with Crippen LogP contribution in [-0.4, -0.2) is 54.3 Å². The molecule has 2 saturated carbocycles. The van der Waals surface area contributed by atoms with E-state index in [1.54, 1.807) is 17.0 Å². The highest BCUT2D eigenvalue weighted by molar-refractivity contribution is 6.30. The van der Waals surface area contributed by atoms with Crippen molar-refractivity contribution in [2.75, 3.05) is 20.2 Å². The molecule has 1 saturated heterocycles. The number of carbonyl (C=O) groups excluding carboxylic acids is 2. The molecule has 4 rings (SSSR count). The van der Waals surface area contributed by atoms with Crippen LogP contribution in [0, 0.1) is 17.3 Å². The molecule has 1 amide bonds. The Hall–Kier alpha value is -1.79. The van der Waals surface area contributed by atoms with Gasteiger partial charge in [0, 0.05) is 18.1 Å². The maximum atomic E-state index is 12.9. The number of methoxy groups -OCH3 is 1. The van der Waals surface area contributed by atoms with Gasteiger partial charge in [-0.3, -0.25) is 9.59 Å². The number of halogens is 1. The van der Waals surface area contributed by atoms with Crippen LogP contribution >= 0.6 is 11.6 Å². The maximum Gasteiger partial charge on any atom is 0.321 e. The first-order valence-electron chi connectivity index (χ1n) is 9.41. The SMILES string of the molecule is COC(=O)C1(C(=O)N2C[C@H]3C[C@@H](Oc4cccc(Cl)c4)[C@H](O)C[C@H]3C2)CC1. The fourth-order valence-electron chi connectivity index (χ4n) is 4.53. The zero-order valence-corrected chi connectivity index (χ0v) is 16.0. The van der Waals surface area contributed by atoms with Crippen molar-refractivity contribution in [3.63, 3.8) is 0 Å². The molecule has 1 aliphatic heterocycles. The van der Waals surface area contributed by atoms with Crippen molar-refractivity contribution in [2.45, 2.75) is 37.9 Å². The number of rotatable bonds is 4. The van der Waals surface area contributed by atoms with Crippen LogP contribution in [0.5, 0.6) is 5.75 Å². The number of aliphatic hydroxyl groups is 1. The van der Waals surface area contributed by atoms with Crippen LogP contribution in [-0.2, 0) is 14.3 Å². The van der Waals surface area contributed by atoms with E-state index in [4.69, 9.17) is 21.1 Å². The lowest BCUT2D eigenvalue weighted by Gasteiger charge is -2.35. The summed E-state index contributed by atoms with van der Waals surface area (Å²) >= 11 is 6.00. The smallest absolute Gasteiger partial charge is 0.321 e. The van der Waals surface area contributed by atoms with Crippen molar-refractivity contribution in [3.05, 3.63) is 29.3 Å². The minimum atomic E-state index is -0.961. The molecule has 0 radical (unpaired) electrons. The molecule has 2 aliphatic carbocycles. The van der Waals surface area contributed by atoms with E-state index in [0.29, 0.717) is 49.5 Å². The van der Waals surface area contributed by atoms with Crippen LogP contribution < -0.4 is 4.74 Å². The molecule has 0 spiro atoms. The fourth-order valence-corrected chi connectivity index (χ4v) is 4.71. The van der Waals surface area contributed by atoms with E-state index in [-0.39, 0.29) is 23.8 Å². The maximum absolute atomic E-state index is 12.9. The molecule has 1 heterocycles. The van der Waals surface area contributed by atoms with Gasteiger partial charge in [0.05, 0.1) is 13.2 Å². The summed E-state index contributed by atoms with van der Waals surface area (Å²) in [7, 11) is 1.33. The lowest BCUT2D eigenvalue weighted by molar-refractivity contribution is -0.155. The average molecular weight is 394 g/mol. The third-order valence-corrected chi connectivity index (χ3v) is 6.43. The number of hydrogen-bond donors (Lipinski definition) is 1. The van der Waals surface area contributed by atoms with Crippen molar-refractivity contribution in [1.82, 2.24) is 4.90 Å². The summed E-state index contributed by atoms with van der Waals surface area (Å²) in [6.45, 7) is 1.19. The van der Waals surface area contributed by atoms with E-state index in [1.807, 2.05) is 12.1 Å². The molecule has 4 atom stereocenters. The van der Waals surface area contributed by atoms with Crippen molar-refractivity contribution >= 4 is 23.5 Å². The predicted molar refractivity (Wildman–Crippen MR) is 98.4 cm³/mol. The van der Waals surface area contributed by atoms with Gasteiger partial charge in [0.2, 0.25) is 5.91 Å². The van der Waals surface area contributed by atoms with Gasteiger partial charge in [-0.15, -0.1) is 0 Å². The largest absolute Gasteiger partial charge is 0.488 e. The molecule has 0 unspecified atom stereocenters. The van der Waals surface area contributed by atoms with Crippen LogP contribution in [0.4, 0.5) is 0 Å². The second kappa shape index (κ2) is 6.99. The van der Waals surface area contributed by atoms with Gasteiger partial charge >= 0.3 is 5.97 Å². The summed E-state index contributed by atoms with van der Waals surface area (Å²) in [5, 5.41) is 11.1. The fraction of sp³-hybridized carbons (Fsp3) is 0.600. The van der Waals surface area contributed by atoms with E-state index in [0.717, 1.165) is 0 Å². The summed E-state index contributed by atoms with van der Waals surface area (Å²) in [5.74, 6) is 0.584. The van der Waals surface area contributed by atoms with Gasteiger partial charge in [-0.25, -0.2) is 0 Å². The van der Waals surface area contributed by atoms with Gasteiger partial charge in [0.1, 0.15) is 17.3 Å². The summed E-state index contributed by atoms with van der Waals surface area (Å²) in [6, 6.07) is 7.14. The van der Waals surface area contributed by atoms with Gasteiger partial charge in [-0.1, -0.05) is 17.7 Å². The monoisotopic (exact) mass is 393 g/mol. The average Bonchev–Trinajstić information content (AvgIpc) is 3.36. The lowest BCUT2D eigenvalue weighted by atomic mass is 9.78. The van der Waals surface area contributed by atoms with E-state index in [2.05, 4.69) is 0 Å². The molecule has 1 aromatic carbocycles. The van der Waals surface area contributed by atoms with Crippen LogP contribution in [0.15, 0.2) is 24.3 Å². The molecule has 0 bridgehead atoms. The summed E-state index contributed by atoms with van der Waals surface area (Å²) in [6.07, 6.45) is 1.48. The number of aliphatic hydroxyl groups excluding tert-OH is 1. The highest BCUT2D eigenvalue weighted by atomic mass is 35.5. The van der Waals surface area contributed by atoms with Gasteiger partial charge in [-0.05, 0) is 55.7 Å². The second-order valence-electron chi connectivity index (χ2n) is 7.96. The number of likely N-dealkylation sites (tertiary alicyclic amines) is 1. The van der Waals surface area contributed by atoms with E-state index in [1.165, 1.54) is 7.11 Å². The van der Waals surface area contributed by atoms with Crippen molar-refractivity contribution in [1.29, 1.82) is 0 Å². The molecule has 6 nitrogen and oxygen atoms in total. The Balaban J connectivity index is 1.41. The molecule has 3 fully saturated rings. The molecular weight excluding hydrogens is 370 g/mol. The Morgan fingerprint density at radius 1 is 1.22 bits per heavy atom. The number of ether oxygens (including phenoxy) is 2. The van der Waals surface area contributed by atoms with Gasteiger partial charge in [0.15, 0.2) is 0 Å². The van der Waals surface area contributed by atoms with Gasteiger partial charge in [-0.2, -0.15) is 0 Å². The number of fused-ring (bicyclic) bond motifs is 1. The Morgan fingerprint density at radius 2 is 1.93 bits per heavy atom. The minimum absolute atomic E-state index is 0.120. The number of amides is 1. The lowest BCUT2D eigenvalue weighted by Crippen LogP contribution is -2.42. The van der Waals surface area contributed by atoms with Crippen molar-refractivity contribution in [3.8, 4) is 5.75 Å². The number of benzene rings is 1. The van der Waals surface area contributed by atoms with Crippen LogP contribution in [0.1, 0.15) is 25.7 Å². The zero-order valence-electron chi connectivity index (χ0n) is 15.3. The molecule has 1 N–H and O–H groups in total. The molecule has 146 valence electrons. The summed E-state index contributed by atoms with van der Waals surface area (Å²) in [4.78, 5) is 26.7. The van der Waals surface area contributed by atoms with E-state index >= 15 is 0 Å². The second-order valence-corrected chi connectivity index (χ2v) is 8.39. The summed E-state index contributed by atoms with van der Waals surface area (Å²) in [5.41, 5.74) is -0.961. The molecule has 27 heavy (non-hydrogen) atoms. The van der Waals surface area contributed by atoms with Gasteiger partial charge < -0.3 is 19.5 Å². The molecule has 7 heteroatoms. The van der Waals surface area contributed by atoms with Crippen LogP contribution in [0.3, 0.4) is 0 Å². The number of carbonyl (C=O) groups is 2. The third kappa shape index (κ3) is 3.41. The predicted octanol–water partition coefficient (Wildman–Crippen LogP) is 2.27. The number of hydrogen-bond acceptors (Lipinski definition) is 5. The standard InChI is InChI=1S/C20H24ClNO5/c1-26-19(25)20(5-6-20)18(24)22-10-12-7-16(23)17(8-13(12)11-22)27-15-4-2-3-14(21)9-15/h2-4,9,12-13,16-17,23H,5-8,10-11H2,1H3/t12-,13+,16+,17+/m0/s1. The van der Waals surface area contributed by atoms with E-state index in [9.17, 15) is 14.7 Å². The Kier molecular flexibility index (Phi) is 4.80. The van der Waals surface area contributed by atoms with E-state index < -0.39 is 17.5 Å². The molecule has 0 aromatic heterocycles. The Bertz CT molecular complexity index is 750. The molecule has 1 aromatic rings. The van der Waals surface area contributed by atoms with Crippen molar-refractivity contribution in [2.24, 2.45) is 17.3 Å². The van der Waals surface area contributed by atoms with Crippen LogP contribution in [0.25, 0.3) is 0 Å². The molecule has 3 aliphatic rings. The molecular formula is C20H24ClNO5. The highest BCUT2D eigenvalue weighted by Gasteiger charge is 2.60. The first kappa shape index (κ1) is 18.6. The highest BCUT2D eigenvalue weighted by Crippen LogP contribution is 2.50. The number of esters is 1. The number of nitrogens with zero attached hydrogens (tertiary/aromatic N) is 1. The van der Waals surface area contributed by atoms with Crippen LogP contribution in [0.2, 0.25) is 5.02 Å². The third-order valence-electron chi connectivity index (χ3n) is 6.19. The Labute approximate surface area is 163 Å². The van der Waals surface area contributed by atoms with Gasteiger partial charge in [0.25, 0.3) is 0 Å². The quantitative estimate of drug-likeness (QED) is 0.627. The normalized spacial score (nSPS) is 31.1. The first-order chi connectivity index (χ1) is 12.9. The van der Waals surface area contributed by atoms with Crippen molar-refractivity contribution < 1.29 is 24.2 Å².